The third-order valence-corrected chi connectivity index (χ3v) is 4.36. The monoisotopic (exact) mass is 279 g/mol. The predicted octanol–water partition coefficient (Wildman–Crippen LogP) is 4.46. The highest BCUT2D eigenvalue weighted by Crippen LogP contribution is 2.24. The van der Waals surface area contributed by atoms with Crippen molar-refractivity contribution in [2.75, 3.05) is 13.7 Å². The van der Waals surface area contributed by atoms with Gasteiger partial charge in [-0.2, -0.15) is 0 Å². The highest BCUT2D eigenvalue weighted by Gasteiger charge is 2.14. The van der Waals surface area contributed by atoms with Crippen LogP contribution in [0.15, 0.2) is 18.2 Å². The molecule has 0 heterocycles. The van der Waals surface area contributed by atoms with E-state index < -0.39 is 0 Å². The Kier molecular flexibility index (Phi) is 5.84. The van der Waals surface area contributed by atoms with Crippen molar-refractivity contribution in [1.29, 1.82) is 0 Å². The maximum atomic E-state index is 13.7. The Hall–Kier alpha value is -1.09. The second-order valence-electron chi connectivity index (χ2n) is 5.88. The summed E-state index contributed by atoms with van der Waals surface area (Å²) in [5.41, 5.74) is 0.983. The van der Waals surface area contributed by atoms with Crippen molar-refractivity contribution in [2.45, 2.75) is 51.5 Å². The molecule has 1 aliphatic carbocycles. The minimum atomic E-state index is -0.284. The Morgan fingerprint density at radius 2 is 1.95 bits per heavy atom. The van der Waals surface area contributed by atoms with Crippen LogP contribution in [0.4, 0.5) is 4.39 Å². The molecule has 0 spiro atoms. The zero-order valence-corrected chi connectivity index (χ0v) is 12.6. The number of hydrogen-bond donors (Lipinski definition) is 1. The fourth-order valence-electron chi connectivity index (χ4n) is 2.98. The van der Waals surface area contributed by atoms with E-state index in [0.29, 0.717) is 5.75 Å². The second-order valence-corrected chi connectivity index (χ2v) is 5.88. The first-order valence-corrected chi connectivity index (χ1v) is 7.77. The summed E-state index contributed by atoms with van der Waals surface area (Å²) in [4.78, 5) is 0. The van der Waals surface area contributed by atoms with Crippen LogP contribution in [0.3, 0.4) is 0 Å². The summed E-state index contributed by atoms with van der Waals surface area (Å²) >= 11 is 0. The van der Waals surface area contributed by atoms with Crippen molar-refractivity contribution < 1.29 is 9.13 Å². The lowest BCUT2D eigenvalue weighted by Gasteiger charge is -2.20. The van der Waals surface area contributed by atoms with Gasteiger partial charge in [0, 0.05) is 6.04 Å². The maximum absolute atomic E-state index is 13.7. The van der Waals surface area contributed by atoms with E-state index in [9.17, 15) is 4.39 Å². The predicted molar refractivity (Wildman–Crippen MR) is 80.6 cm³/mol. The van der Waals surface area contributed by atoms with Gasteiger partial charge in [0.2, 0.25) is 0 Å². The topological polar surface area (TPSA) is 21.3 Å². The summed E-state index contributed by atoms with van der Waals surface area (Å²) in [6, 6.07) is 5.39. The van der Waals surface area contributed by atoms with Crippen LogP contribution in [0.2, 0.25) is 0 Å². The molecule has 2 rings (SSSR count). The van der Waals surface area contributed by atoms with Crippen molar-refractivity contribution in [1.82, 2.24) is 5.32 Å². The molecule has 1 aromatic carbocycles. The summed E-state index contributed by atoms with van der Waals surface area (Å²) in [5.74, 6) is 0.806. The van der Waals surface area contributed by atoms with E-state index in [1.54, 1.807) is 12.1 Å². The van der Waals surface area contributed by atoms with Gasteiger partial charge in [0.05, 0.1) is 7.11 Å². The number of nitrogens with one attached hydrogen (secondary N) is 1. The fraction of sp³-hybridized carbons (Fsp3) is 0.647. The Balaban J connectivity index is 1.87. The van der Waals surface area contributed by atoms with Crippen molar-refractivity contribution in [2.24, 2.45) is 5.92 Å². The zero-order chi connectivity index (χ0) is 14.4. The summed E-state index contributed by atoms with van der Waals surface area (Å²) < 4.78 is 18.7. The third-order valence-electron chi connectivity index (χ3n) is 4.36. The molecule has 1 saturated carbocycles. The largest absolute Gasteiger partial charge is 0.494 e. The first-order chi connectivity index (χ1) is 9.70. The molecule has 20 heavy (non-hydrogen) atoms. The Bertz CT molecular complexity index is 413. The van der Waals surface area contributed by atoms with Gasteiger partial charge in [-0.3, -0.25) is 0 Å². The van der Waals surface area contributed by atoms with Crippen LogP contribution in [-0.2, 0) is 0 Å². The normalized spacial score (nSPS) is 18.6. The first kappa shape index (κ1) is 15.3. The summed E-state index contributed by atoms with van der Waals surface area (Å²) in [6.07, 6.45) is 8.15. The lowest BCUT2D eigenvalue weighted by Crippen LogP contribution is -2.25. The Morgan fingerprint density at radius 3 is 2.55 bits per heavy atom. The second kappa shape index (κ2) is 7.63. The average molecular weight is 279 g/mol. The quantitative estimate of drug-likeness (QED) is 0.804. The molecule has 1 unspecified atom stereocenters. The molecule has 0 bridgehead atoms. The molecule has 2 nitrogen and oxygen atoms in total. The van der Waals surface area contributed by atoms with Gasteiger partial charge in [0.1, 0.15) is 0 Å². The van der Waals surface area contributed by atoms with Crippen molar-refractivity contribution >= 4 is 0 Å². The third kappa shape index (κ3) is 4.20. The number of hydrogen-bond acceptors (Lipinski definition) is 2. The van der Waals surface area contributed by atoms with Crippen molar-refractivity contribution in [3.05, 3.63) is 29.6 Å². The highest BCUT2D eigenvalue weighted by molar-refractivity contribution is 5.30. The highest BCUT2D eigenvalue weighted by atomic mass is 19.1. The van der Waals surface area contributed by atoms with Gasteiger partial charge in [-0.25, -0.2) is 4.39 Å². The van der Waals surface area contributed by atoms with Gasteiger partial charge in [-0.1, -0.05) is 31.7 Å². The molecule has 0 aromatic heterocycles. The average Bonchev–Trinajstić information content (AvgIpc) is 2.73. The molecule has 0 amide bonds. The van der Waals surface area contributed by atoms with Gasteiger partial charge in [-0.05, 0) is 49.9 Å². The standard InChI is InChI=1S/C17H26FNO/c1-13(15-9-10-17(20-2)16(18)11-15)19-12-14-7-5-3-4-6-8-14/h9-11,13-14,19H,3-8,12H2,1-2H3. The van der Waals surface area contributed by atoms with E-state index in [0.717, 1.165) is 18.0 Å². The molecule has 0 saturated heterocycles. The Labute approximate surface area is 121 Å². The van der Waals surface area contributed by atoms with Crippen molar-refractivity contribution in [3.8, 4) is 5.75 Å². The van der Waals surface area contributed by atoms with E-state index in [-0.39, 0.29) is 11.9 Å². The molecule has 112 valence electrons. The SMILES string of the molecule is COc1ccc(C(C)NCC2CCCCCC2)cc1F. The van der Waals surface area contributed by atoms with E-state index >= 15 is 0 Å². The van der Waals surface area contributed by atoms with E-state index in [1.165, 1.54) is 45.6 Å². The van der Waals surface area contributed by atoms with Gasteiger partial charge in [0.25, 0.3) is 0 Å². The van der Waals surface area contributed by atoms with Crippen LogP contribution in [0.1, 0.15) is 57.1 Å². The summed E-state index contributed by atoms with van der Waals surface area (Å²) in [5, 5.41) is 3.55. The smallest absolute Gasteiger partial charge is 0.165 e. The minimum absolute atomic E-state index is 0.179. The fourth-order valence-corrected chi connectivity index (χ4v) is 2.98. The number of methoxy groups -OCH3 is 1. The van der Waals surface area contributed by atoms with Crippen LogP contribution in [0.25, 0.3) is 0 Å². The zero-order valence-electron chi connectivity index (χ0n) is 12.6. The minimum Gasteiger partial charge on any atom is -0.494 e. The number of benzene rings is 1. The van der Waals surface area contributed by atoms with Gasteiger partial charge in [-0.15, -0.1) is 0 Å². The number of rotatable bonds is 5. The van der Waals surface area contributed by atoms with E-state index in [2.05, 4.69) is 12.2 Å². The number of ether oxygens (including phenoxy) is 1. The van der Waals surface area contributed by atoms with Crippen molar-refractivity contribution in [3.63, 3.8) is 0 Å². The molecule has 1 fully saturated rings. The lowest BCUT2D eigenvalue weighted by atomic mass is 9.99. The molecule has 1 atom stereocenters. The summed E-state index contributed by atoms with van der Waals surface area (Å²) in [7, 11) is 1.49. The van der Waals surface area contributed by atoms with Crippen LogP contribution in [0, 0.1) is 11.7 Å². The van der Waals surface area contributed by atoms with Gasteiger partial charge in [0.15, 0.2) is 11.6 Å². The first-order valence-electron chi connectivity index (χ1n) is 7.77. The molecular formula is C17H26FNO. The van der Waals surface area contributed by atoms with Gasteiger partial charge < -0.3 is 10.1 Å². The van der Waals surface area contributed by atoms with E-state index in [4.69, 9.17) is 4.74 Å². The molecule has 3 heteroatoms. The van der Waals surface area contributed by atoms with Gasteiger partial charge >= 0.3 is 0 Å². The van der Waals surface area contributed by atoms with Crippen LogP contribution in [-0.4, -0.2) is 13.7 Å². The molecule has 1 aliphatic rings. The van der Waals surface area contributed by atoms with Crippen LogP contribution >= 0.6 is 0 Å². The molecular weight excluding hydrogens is 253 g/mol. The summed E-state index contributed by atoms with van der Waals surface area (Å²) in [6.45, 7) is 3.13. The van der Waals surface area contributed by atoms with E-state index in [1.807, 2.05) is 6.07 Å². The van der Waals surface area contributed by atoms with Crippen LogP contribution < -0.4 is 10.1 Å². The Morgan fingerprint density at radius 1 is 1.25 bits per heavy atom. The maximum Gasteiger partial charge on any atom is 0.165 e. The molecule has 1 aromatic rings. The molecule has 0 aliphatic heterocycles. The number of halogens is 1. The molecule has 0 radical (unpaired) electrons. The molecule has 1 N–H and O–H groups in total. The van der Waals surface area contributed by atoms with Crippen LogP contribution in [0.5, 0.6) is 5.75 Å². The lowest BCUT2D eigenvalue weighted by molar-refractivity contribution is 0.383.